The average Bonchev–Trinajstić information content (AvgIpc) is 2.98. The molecule has 0 bridgehead atoms. The van der Waals surface area contributed by atoms with Crippen LogP contribution in [0.2, 0.25) is 0 Å². The fourth-order valence-electron chi connectivity index (χ4n) is 2.08. The number of nitro benzene ring substituents is 1. The SMILES string of the molecule is CC/C(C)=N\N=C1/NC(=O)C(CC(=O)Nc2ccc(OC)c([N+](=O)[O-])c2)S1. The van der Waals surface area contributed by atoms with E-state index >= 15 is 0 Å². The van der Waals surface area contributed by atoms with Gasteiger partial charge in [0.25, 0.3) is 0 Å². The second-order valence-electron chi connectivity index (χ2n) is 5.59. The van der Waals surface area contributed by atoms with Crippen LogP contribution in [0, 0.1) is 10.1 Å². The highest BCUT2D eigenvalue weighted by Crippen LogP contribution is 2.30. The van der Waals surface area contributed by atoms with Gasteiger partial charge in [0.2, 0.25) is 11.8 Å². The number of anilines is 1. The van der Waals surface area contributed by atoms with Crippen molar-refractivity contribution in [2.75, 3.05) is 12.4 Å². The number of carbonyl (C=O) groups is 2. The van der Waals surface area contributed by atoms with Gasteiger partial charge in [0, 0.05) is 23.9 Å². The average molecular weight is 393 g/mol. The summed E-state index contributed by atoms with van der Waals surface area (Å²) in [5.41, 5.74) is 0.800. The largest absolute Gasteiger partial charge is 0.490 e. The Morgan fingerprint density at radius 1 is 1.48 bits per heavy atom. The molecule has 1 saturated heterocycles. The van der Waals surface area contributed by atoms with Gasteiger partial charge in [0.15, 0.2) is 10.9 Å². The van der Waals surface area contributed by atoms with Crippen LogP contribution in [-0.4, -0.2) is 40.0 Å². The normalized spacial score (nSPS) is 18.3. The first kappa shape index (κ1) is 20.4. The van der Waals surface area contributed by atoms with E-state index in [-0.39, 0.29) is 29.5 Å². The van der Waals surface area contributed by atoms with Gasteiger partial charge in [-0.1, -0.05) is 18.7 Å². The fourth-order valence-corrected chi connectivity index (χ4v) is 3.00. The molecule has 1 unspecified atom stereocenters. The summed E-state index contributed by atoms with van der Waals surface area (Å²) in [6.07, 6.45) is 0.640. The lowest BCUT2D eigenvalue weighted by Crippen LogP contribution is -2.28. The van der Waals surface area contributed by atoms with E-state index in [1.807, 2.05) is 13.8 Å². The number of carbonyl (C=O) groups excluding carboxylic acids is 2. The van der Waals surface area contributed by atoms with E-state index in [0.717, 1.165) is 23.9 Å². The van der Waals surface area contributed by atoms with Crippen LogP contribution in [0.15, 0.2) is 28.4 Å². The van der Waals surface area contributed by atoms with Gasteiger partial charge >= 0.3 is 5.69 Å². The number of thioether (sulfide) groups is 1. The Morgan fingerprint density at radius 3 is 2.85 bits per heavy atom. The molecule has 0 spiro atoms. The van der Waals surface area contributed by atoms with E-state index in [2.05, 4.69) is 20.8 Å². The predicted octanol–water partition coefficient (Wildman–Crippen LogP) is 2.31. The smallest absolute Gasteiger partial charge is 0.312 e. The summed E-state index contributed by atoms with van der Waals surface area (Å²) in [4.78, 5) is 34.6. The third kappa shape index (κ3) is 5.51. The molecule has 1 atom stereocenters. The molecule has 27 heavy (non-hydrogen) atoms. The third-order valence-electron chi connectivity index (χ3n) is 3.63. The van der Waals surface area contributed by atoms with Crippen LogP contribution < -0.4 is 15.4 Å². The maximum absolute atomic E-state index is 12.2. The number of nitrogens with zero attached hydrogens (tertiary/aromatic N) is 3. The number of methoxy groups -OCH3 is 1. The highest BCUT2D eigenvalue weighted by molar-refractivity contribution is 8.15. The number of benzene rings is 1. The first-order valence-corrected chi connectivity index (χ1v) is 8.93. The van der Waals surface area contributed by atoms with Crippen LogP contribution in [0.3, 0.4) is 0 Å². The first-order chi connectivity index (χ1) is 12.8. The number of amidine groups is 1. The Morgan fingerprint density at radius 2 is 2.22 bits per heavy atom. The molecule has 1 fully saturated rings. The zero-order valence-corrected chi connectivity index (χ0v) is 15.8. The summed E-state index contributed by atoms with van der Waals surface area (Å²) in [5, 5.41) is 23.8. The number of amides is 2. The van der Waals surface area contributed by atoms with Gasteiger partial charge in [-0.2, -0.15) is 5.10 Å². The van der Waals surface area contributed by atoms with Gasteiger partial charge in [-0.3, -0.25) is 19.7 Å². The predicted molar refractivity (Wildman–Crippen MR) is 103 cm³/mol. The lowest BCUT2D eigenvalue weighted by molar-refractivity contribution is -0.385. The second-order valence-corrected chi connectivity index (χ2v) is 6.78. The molecule has 2 amide bonds. The van der Waals surface area contributed by atoms with E-state index in [4.69, 9.17) is 4.74 Å². The molecule has 0 aromatic heterocycles. The van der Waals surface area contributed by atoms with Crippen molar-refractivity contribution in [1.82, 2.24) is 5.32 Å². The lowest BCUT2D eigenvalue weighted by atomic mass is 10.2. The summed E-state index contributed by atoms with van der Waals surface area (Å²) in [5.74, 6) is -0.692. The maximum Gasteiger partial charge on any atom is 0.312 e. The second kappa shape index (κ2) is 9.12. The molecular formula is C16H19N5O5S. The van der Waals surface area contributed by atoms with Crippen LogP contribution >= 0.6 is 11.8 Å². The number of rotatable bonds is 7. The van der Waals surface area contributed by atoms with Gasteiger partial charge in [0.05, 0.1) is 12.0 Å². The van der Waals surface area contributed by atoms with Gasteiger partial charge in [-0.05, 0) is 25.5 Å². The Bertz CT molecular complexity index is 823. The molecule has 0 aliphatic carbocycles. The summed E-state index contributed by atoms with van der Waals surface area (Å²) in [6, 6.07) is 4.08. The summed E-state index contributed by atoms with van der Waals surface area (Å²) in [6.45, 7) is 3.76. The number of nitrogens with one attached hydrogen (secondary N) is 2. The molecule has 1 heterocycles. The Hall–Kier alpha value is -2.95. The molecule has 0 radical (unpaired) electrons. The Labute approximate surface area is 159 Å². The number of hydrogen-bond acceptors (Lipinski definition) is 8. The van der Waals surface area contributed by atoms with Crippen LogP contribution in [0.4, 0.5) is 11.4 Å². The maximum atomic E-state index is 12.2. The highest BCUT2D eigenvalue weighted by Gasteiger charge is 2.32. The third-order valence-corrected chi connectivity index (χ3v) is 4.70. The standard InChI is InChI=1S/C16H19N5O5S/c1-4-9(2)19-20-16-18-15(23)13(27-16)8-14(22)17-10-5-6-12(26-3)11(7-10)21(24)25/h5-7,13H,4,8H2,1-3H3,(H,17,22)(H,18,20,23)/b19-9-. The van der Waals surface area contributed by atoms with Crippen LogP contribution in [-0.2, 0) is 9.59 Å². The molecule has 1 aliphatic rings. The summed E-state index contributed by atoms with van der Waals surface area (Å²) >= 11 is 1.12. The van der Waals surface area contributed by atoms with Gasteiger partial charge < -0.3 is 15.4 Å². The van der Waals surface area contributed by atoms with Crippen molar-refractivity contribution in [3.05, 3.63) is 28.3 Å². The van der Waals surface area contributed by atoms with E-state index in [9.17, 15) is 19.7 Å². The van der Waals surface area contributed by atoms with E-state index in [0.29, 0.717) is 5.17 Å². The molecule has 1 aromatic carbocycles. The minimum atomic E-state index is -0.644. The molecule has 0 saturated carbocycles. The Balaban J connectivity index is 2.01. The molecule has 2 N–H and O–H groups in total. The first-order valence-electron chi connectivity index (χ1n) is 8.05. The fraction of sp³-hybridized carbons (Fsp3) is 0.375. The van der Waals surface area contributed by atoms with Crippen molar-refractivity contribution < 1.29 is 19.2 Å². The quantitative estimate of drug-likeness (QED) is 0.414. The zero-order chi connectivity index (χ0) is 20.0. The molecule has 10 nitrogen and oxygen atoms in total. The van der Waals surface area contributed by atoms with Crippen LogP contribution in [0.1, 0.15) is 26.7 Å². The summed E-state index contributed by atoms with van der Waals surface area (Å²) in [7, 11) is 1.32. The Kier molecular flexibility index (Phi) is 6.88. The molecule has 144 valence electrons. The van der Waals surface area contributed by atoms with Crippen molar-refractivity contribution in [1.29, 1.82) is 0 Å². The van der Waals surface area contributed by atoms with Crippen LogP contribution in [0.25, 0.3) is 0 Å². The minimum Gasteiger partial charge on any atom is -0.490 e. The van der Waals surface area contributed by atoms with Crippen LogP contribution in [0.5, 0.6) is 5.75 Å². The zero-order valence-electron chi connectivity index (χ0n) is 15.0. The van der Waals surface area contributed by atoms with Gasteiger partial charge in [0.1, 0.15) is 5.25 Å². The van der Waals surface area contributed by atoms with Crippen molar-refractivity contribution in [2.45, 2.75) is 31.9 Å². The van der Waals surface area contributed by atoms with E-state index in [1.54, 1.807) is 0 Å². The number of hydrogen-bond donors (Lipinski definition) is 2. The lowest BCUT2D eigenvalue weighted by Gasteiger charge is -2.08. The molecule has 2 rings (SSSR count). The van der Waals surface area contributed by atoms with Crippen molar-refractivity contribution in [2.24, 2.45) is 10.2 Å². The van der Waals surface area contributed by atoms with Gasteiger partial charge in [-0.15, -0.1) is 5.10 Å². The number of ether oxygens (including phenoxy) is 1. The monoisotopic (exact) mass is 393 g/mol. The topological polar surface area (TPSA) is 135 Å². The van der Waals surface area contributed by atoms with E-state index in [1.165, 1.54) is 25.3 Å². The molecule has 1 aliphatic heterocycles. The molecule has 1 aromatic rings. The molecule has 11 heteroatoms. The minimum absolute atomic E-state index is 0.0903. The van der Waals surface area contributed by atoms with Crippen molar-refractivity contribution in [3.8, 4) is 5.75 Å². The summed E-state index contributed by atoms with van der Waals surface area (Å²) < 4.78 is 4.91. The van der Waals surface area contributed by atoms with E-state index < -0.39 is 16.1 Å². The molecular weight excluding hydrogens is 374 g/mol. The van der Waals surface area contributed by atoms with Gasteiger partial charge in [-0.25, -0.2) is 0 Å². The highest BCUT2D eigenvalue weighted by atomic mass is 32.2. The van der Waals surface area contributed by atoms with Crippen molar-refractivity contribution >= 4 is 45.8 Å². The number of nitro groups is 1. The van der Waals surface area contributed by atoms with Crippen molar-refractivity contribution in [3.63, 3.8) is 0 Å².